The lowest BCUT2D eigenvalue weighted by Gasteiger charge is -2.40. The van der Waals surface area contributed by atoms with Crippen molar-refractivity contribution in [2.75, 3.05) is 13.7 Å². The molecule has 16 heavy (non-hydrogen) atoms. The molecule has 0 bridgehead atoms. The highest BCUT2D eigenvalue weighted by molar-refractivity contribution is 4.95. The normalized spacial score (nSPS) is 18.4. The maximum absolute atomic E-state index is 5.56. The second-order valence-electron chi connectivity index (χ2n) is 4.47. The third kappa shape index (κ3) is 2.28. The summed E-state index contributed by atoms with van der Waals surface area (Å²) < 4.78 is 7.72. The number of rotatable bonds is 6. The fourth-order valence-electron chi connectivity index (χ4n) is 2.22. The quantitative estimate of drug-likeness (QED) is 0.795. The Hall–Kier alpha value is -0.870. The average molecular weight is 223 g/mol. The molecule has 1 aliphatic rings. The SMILES string of the molecule is CCn1ccnc1CNCC1(OC)CCC1. The minimum atomic E-state index is 0.101. The van der Waals surface area contributed by atoms with Crippen LogP contribution >= 0.6 is 0 Å². The summed E-state index contributed by atoms with van der Waals surface area (Å²) in [6.07, 6.45) is 7.53. The van der Waals surface area contributed by atoms with Crippen LogP contribution in [0.4, 0.5) is 0 Å². The molecule has 0 aromatic carbocycles. The molecule has 4 heteroatoms. The molecule has 4 nitrogen and oxygen atoms in total. The molecule has 2 rings (SSSR count). The van der Waals surface area contributed by atoms with Gasteiger partial charge < -0.3 is 14.6 Å². The number of imidazole rings is 1. The van der Waals surface area contributed by atoms with E-state index in [2.05, 4.69) is 21.8 Å². The predicted octanol–water partition coefficient (Wildman–Crippen LogP) is 1.56. The summed E-state index contributed by atoms with van der Waals surface area (Å²) in [4.78, 5) is 4.34. The number of nitrogens with zero attached hydrogens (tertiary/aromatic N) is 2. The van der Waals surface area contributed by atoms with E-state index < -0.39 is 0 Å². The van der Waals surface area contributed by atoms with Gasteiger partial charge in [0.15, 0.2) is 0 Å². The van der Waals surface area contributed by atoms with E-state index in [9.17, 15) is 0 Å². The van der Waals surface area contributed by atoms with E-state index in [1.807, 2.05) is 19.5 Å². The molecular weight excluding hydrogens is 202 g/mol. The van der Waals surface area contributed by atoms with Crippen LogP contribution in [-0.2, 0) is 17.8 Å². The largest absolute Gasteiger partial charge is 0.377 e. The monoisotopic (exact) mass is 223 g/mol. The van der Waals surface area contributed by atoms with Crippen molar-refractivity contribution < 1.29 is 4.74 Å². The Bertz CT molecular complexity index is 325. The molecule has 1 aromatic heterocycles. The highest BCUT2D eigenvalue weighted by Crippen LogP contribution is 2.34. The highest BCUT2D eigenvalue weighted by Gasteiger charge is 2.36. The molecule has 1 N–H and O–H groups in total. The molecular formula is C12H21N3O. The zero-order valence-electron chi connectivity index (χ0n) is 10.2. The zero-order valence-corrected chi connectivity index (χ0v) is 10.2. The van der Waals surface area contributed by atoms with Crippen LogP contribution in [0.15, 0.2) is 12.4 Å². The van der Waals surface area contributed by atoms with Gasteiger partial charge in [0.05, 0.1) is 12.1 Å². The zero-order chi connectivity index (χ0) is 11.4. The Morgan fingerprint density at radius 3 is 2.94 bits per heavy atom. The molecule has 0 aliphatic heterocycles. The molecule has 0 spiro atoms. The molecule has 1 fully saturated rings. The first kappa shape index (κ1) is 11.6. The van der Waals surface area contributed by atoms with Gasteiger partial charge in [0.1, 0.15) is 5.82 Å². The molecule has 1 saturated carbocycles. The van der Waals surface area contributed by atoms with Crippen LogP contribution in [0.25, 0.3) is 0 Å². The van der Waals surface area contributed by atoms with E-state index in [4.69, 9.17) is 4.74 Å². The molecule has 0 amide bonds. The summed E-state index contributed by atoms with van der Waals surface area (Å²) in [7, 11) is 1.81. The van der Waals surface area contributed by atoms with Crippen LogP contribution in [0.5, 0.6) is 0 Å². The standard InChI is InChI=1S/C12H21N3O/c1-3-15-8-7-14-11(15)9-13-10-12(16-2)5-4-6-12/h7-8,13H,3-6,9-10H2,1-2H3. The van der Waals surface area contributed by atoms with Crippen molar-refractivity contribution in [2.45, 2.75) is 44.9 Å². The van der Waals surface area contributed by atoms with Gasteiger partial charge in [-0.05, 0) is 26.2 Å². The van der Waals surface area contributed by atoms with Gasteiger partial charge in [-0.25, -0.2) is 4.98 Å². The van der Waals surface area contributed by atoms with E-state index in [0.717, 1.165) is 25.5 Å². The molecule has 1 aromatic rings. The number of aromatic nitrogens is 2. The Balaban J connectivity index is 1.79. The molecule has 1 heterocycles. The fraction of sp³-hybridized carbons (Fsp3) is 0.750. The van der Waals surface area contributed by atoms with Gasteiger partial charge in [-0.1, -0.05) is 0 Å². The van der Waals surface area contributed by atoms with Gasteiger partial charge in [0, 0.05) is 32.6 Å². The first-order valence-electron chi connectivity index (χ1n) is 6.05. The number of ether oxygens (including phenoxy) is 1. The molecule has 0 saturated heterocycles. The molecule has 0 unspecified atom stereocenters. The number of methoxy groups -OCH3 is 1. The first-order valence-corrected chi connectivity index (χ1v) is 6.05. The van der Waals surface area contributed by atoms with Gasteiger partial charge in [-0.15, -0.1) is 0 Å². The third-order valence-corrected chi connectivity index (χ3v) is 3.57. The fourth-order valence-corrected chi connectivity index (χ4v) is 2.22. The van der Waals surface area contributed by atoms with Crippen molar-refractivity contribution in [3.8, 4) is 0 Å². The molecule has 1 aliphatic carbocycles. The number of aryl methyl sites for hydroxylation is 1. The van der Waals surface area contributed by atoms with Gasteiger partial charge in [0.25, 0.3) is 0 Å². The molecule has 90 valence electrons. The summed E-state index contributed by atoms with van der Waals surface area (Å²) >= 11 is 0. The summed E-state index contributed by atoms with van der Waals surface area (Å²) in [5, 5.41) is 3.45. The van der Waals surface area contributed by atoms with Gasteiger partial charge in [-0.3, -0.25) is 0 Å². The summed E-state index contributed by atoms with van der Waals surface area (Å²) in [6.45, 7) is 4.87. The van der Waals surface area contributed by atoms with E-state index in [0.29, 0.717) is 0 Å². The number of hydrogen-bond acceptors (Lipinski definition) is 3. The third-order valence-electron chi connectivity index (χ3n) is 3.57. The smallest absolute Gasteiger partial charge is 0.122 e. The van der Waals surface area contributed by atoms with Crippen LogP contribution in [-0.4, -0.2) is 28.8 Å². The summed E-state index contributed by atoms with van der Waals surface area (Å²) in [6, 6.07) is 0. The van der Waals surface area contributed by atoms with Crippen molar-refractivity contribution in [3.63, 3.8) is 0 Å². The maximum atomic E-state index is 5.56. The Labute approximate surface area is 97.0 Å². The van der Waals surface area contributed by atoms with Crippen LogP contribution in [0.2, 0.25) is 0 Å². The van der Waals surface area contributed by atoms with Crippen LogP contribution in [0.3, 0.4) is 0 Å². The van der Waals surface area contributed by atoms with E-state index in [-0.39, 0.29) is 5.60 Å². The minimum absolute atomic E-state index is 0.101. The van der Waals surface area contributed by atoms with Crippen molar-refractivity contribution in [2.24, 2.45) is 0 Å². The second-order valence-corrected chi connectivity index (χ2v) is 4.47. The van der Waals surface area contributed by atoms with Gasteiger partial charge >= 0.3 is 0 Å². The van der Waals surface area contributed by atoms with Crippen molar-refractivity contribution in [1.82, 2.24) is 14.9 Å². The van der Waals surface area contributed by atoms with Crippen LogP contribution < -0.4 is 5.32 Å². The predicted molar refractivity (Wildman–Crippen MR) is 63.2 cm³/mol. The lowest BCUT2D eigenvalue weighted by molar-refractivity contribution is -0.0696. The van der Waals surface area contributed by atoms with Gasteiger partial charge in [-0.2, -0.15) is 0 Å². The second kappa shape index (κ2) is 4.97. The Kier molecular flexibility index (Phi) is 3.61. The lowest BCUT2D eigenvalue weighted by Crippen LogP contribution is -2.47. The van der Waals surface area contributed by atoms with Crippen LogP contribution in [0.1, 0.15) is 32.0 Å². The minimum Gasteiger partial charge on any atom is -0.377 e. The van der Waals surface area contributed by atoms with E-state index in [1.165, 1.54) is 19.3 Å². The summed E-state index contributed by atoms with van der Waals surface area (Å²) in [5.74, 6) is 1.10. The van der Waals surface area contributed by atoms with Crippen molar-refractivity contribution in [1.29, 1.82) is 0 Å². The van der Waals surface area contributed by atoms with E-state index >= 15 is 0 Å². The van der Waals surface area contributed by atoms with Gasteiger partial charge in [0.2, 0.25) is 0 Å². The maximum Gasteiger partial charge on any atom is 0.122 e. The van der Waals surface area contributed by atoms with Crippen molar-refractivity contribution in [3.05, 3.63) is 18.2 Å². The Morgan fingerprint density at radius 2 is 2.38 bits per heavy atom. The molecule has 0 radical (unpaired) electrons. The van der Waals surface area contributed by atoms with E-state index in [1.54, 1.807) is 0 Å². The summed E-state index contributed by atoms with van der Waals surface area (Å²) in [5.41, 5.74) is 0.101. The molecule has 0 atom stereocenters. The first-order chi connectivity index (χ1) is 7.79. The Morgan fingerprint density at radius 1 is 1.56 bits per heavy atom. The average Bonchev–Trinajstić information content (AvgIpc) is 2.69. The number of hydrogen-bond donors (Lipinski definition) is 1. The topological polar surface area (TPSA) is 39.1 Å². The van der Waals surface area contributed by atoms with Crippen molar-refractivity contribution >= 4 is 0 Å². The van der Waals surface area contributed by atoms with Crippen LogP contribution in [0, 0.1) is 0 Å². The lowest BCUT2D eigenvalue weighted by atomic mass is 9.80. The number of nitrogens with one attached hydrogen (secondary N) is 1. The highest BCUT2D eigenvalue weighted by atomic mass is 16.5.